The number of carbonyl (C=O) groups excluding carboxylic acids is 1. The molecular weight excluding hydrogens is 306 g/mol. The van der Waals surface area contributed by atoms with Crippen LogP contribution in [-0.2, 0) is 4.79 Å². The summed E-state index contributed by atoms with van der Waals surface area (Å²) in [4.78, 5) is 20.2. The third kappa shape index (κ3) is 4.18. The number of halogens is 1. The summed E-state index contributed by atoms with van der Waals surface area (Å²) in [5.74, 6) is 0.435. The van der Waals surface area contributed by atoms with E-state index in [0.717, 1.165) is 30.1 Å². The van der Waals surface area contributed by atoms with Crippen LogP contribution >= 0.6 is 23.7 Å². The van der Waals surface area contributed by atoms with Crippen molar-refractivity contribution in [3.63, 3.8) is 0 Å². The SMILES string of the molecule is Cc1nc(C)c(C(C)N(C)C(=O)[C@H]2CCN[C@@H](C)C2)s1.Cl. The summed E-state index contributed by atoms with van der Waals surface area (Å²) in [6.45, 7) is 9.24. The number of carbonyl (C=O) groups is 1. The van der Waals surface area contributed by atoms with Crippen LogP contribution in [0.25, 0.3) is 0 Å². The van der Waals surface area contributed by atoms with Crippen molar-refractivity contribution in [3.05, 3.63) is 15.6 Å². The van der Waals surface area contributed by atoms with Crippen molar-refractivity contribution in [1.29, 1.82) is 0 Å². The lowest BCUT2D eigenvalue weighted by Crippen LogP contribution is -2.43. The van der Waals surface area contributed by atoms with Gasteiger partial charge < -0.3 is 10.2 Å². The number of hydrogen-bond acceptors (Lipinski definition) is 4. The molecule has 1 amide bonds. The fourth-order valence-corrected chi connectivity index (χ4v) is 3.97. The monoisotopic (exact) mass is 331 g/mol. The summed E-state index contributed by atoms with van der Waals surface area (Å²) in [5.41, 5.74) is 1.05. The zero-order valence-electron chi connectivity index (χ0n) is 13.5. The second kappa shape index (κ2) is 7.56. The molecule has 0 aliphatic carbocycles. The van der Waals surface area contributed by atoms with E-state index < -0.39 is 0 Å². The summed E-state index contributed by atoms with van der Waals surface area (Å²) in [5, 5.41) is 4.47. The first kappa shape index (κ1) is 18.4. The zero-order chi connectivity index (χ0) is 14.9. The fraction of sp³-hybridized carbons (Fsp3) is 0.733. The van der Waals surface area contributed by atoms with Crippen LogP contribution in [0.4, 0.5) is 0 Å². The third-order valence-corrected chi connectivity index (χ3v) is 5.46. The second-order valence-electron chi connectivity index (χ2n) is 5.88. The highest BCUT2D eigenvalue weighted by Gasteiger charge is 2.30. The van der Waals surface area contributed by atoms with Crippen LogP contribution < -0.4 is 5.32 Å². The fourth-order valence-electron chi connectivity index (χ4n) is 2.95. The minimum atomic E-state index is 0. The van der Waals surface area contributed by atoms with E-state index in [-0.39, 0.29) is 30.3 Å². The van der Waals surface area contributed by atoms with E-state index in [9.17, 15) is 4.79 Å². The Bertz CT molecular complexity index is 491. The number of amides is 1. The predicted molar refractivity (Wildman–Crippen MR) is 90.2 cm³/mol. The highest BCUT2D eigenvalue weighted by Crippen LogP contribution is 2.30. The summed E-state index contributed by atoms with van der Waals surface area (Å²) >= 11 is 1.70. The Morgan fingerprint density at radius 1 is 1.48 bits per heavy atom. The highest BCUT2D eigenvalue weighted by molar-refractivity contribution is 7.11. The van der Waals surface area contributed by atoms with E-state index in [1.807, 2.05) is 25.8 Å². The van der Waals surface area contributed by atoms with Crippen molar-refractivity contribution in [2.75, 3.05) is 13.6 Å². The molecule has 1 N–H and O–H groups in total. The molecule has 1 aromatic heterocycles. The van der Waals surface area contributed by atoms with Gasteiger partial charge >= 0.3 is 0 Å². The van der Waals surface area contributed by atoms with Gasteiger partial charge in [-0.1, -0.05) is 0 Å². The average Bonchev–Trinajstić information content (AvgIpc) is 2.75. The highest BCUT2D eigenvalue weighted by atomic mass is 35.5. The summed E-state index contributed by atoms with van der Waals surface area (Å²) in [6, 6.07) is 0.549. The molecule has 1 fully saturated rings. The van der Waals surface area contributed by atoms with Gasteiger partial charge in [0.15, 0.2) is 0 Å². The Kier molecular flexibility index (Phi) is 6.63. The lowest BCUT2D eigenvalue weighted by atomic mass is 9.91. The topological polar surface area (TPSA) is 45.2 Å². The zero-order valence-corrected chi connectivity index (χ0v) is 15.1. The molecule has 1 aliphatic heterocycles. The van der Waals surface area contributed by atoms with E-state index in [1.165, 1.54) is 4.88 Å². The van der Waals surface area contributed by atoms with Crippen LogP contribution in [0.3, 0.4) is 0 Å². The Balaban J connectivity index is 0.00000220. The van der Waals surface area contributed by atoms with Crippen LogP contribution in [0.1, 0.15) is 48.3 Å². The van der Waals surface area contributed by atoms with Gasteiger partial charge in [0.2, 0.25) is 5.91 Å². The molecule has 6 heteroatoms. The van der Waals surface area contributed by atoms with Crippen LogP contribution in [0.2, 0.25) is 0 Å². The number of rotatable bonds is 3. The molecule has 0 radical (unpaired) electrons. The van der Waals surface area contributed by atoms with Crippen molar-refractivity contribution in [3.8, 4) is 0 Å². The number of thiazole rings is 1. The van der Waals surface area contributed by atoms with Crippen molar-refractivity contribution >= 4 is 29.7 Å². The van der Waals surface area contributed by atoms with Gasteiger partial charge in [0.1, 0.15) is 0 Å². The lowest BCUT2D eigenvalue weighted by molar-refractivity contribution is -0.137. The molecule has 120 valence electrons. The molecule has 4 nitrogen and oxygen atoms in total. The Morgan fingerprint density at radius 2 is 2.14 bits per heavy atom. The average molecular weight is 332 g/mol. The molecule has 1 aromatic rings. The summed E-state index contributed by atoms with van der Waals surface area (Å²) < 4.78 is 0. The first-order valence-electron chi connectivity index (χ1n) is 7.34. The Labute approximate surface area is 137 Å². The number of nitrogens with one attached hydrogen (secondary N) is 1. The predicted octanol–water partition coefficient (Wildman–Crippen LogP) is 3.09. The van der Waals surface area contributed by atoms with E-state index >= 15 is 0 Å². The van der Waals surface area contributed by atoms with Gasteiger partial charge in [-0.05, 0) is 47.1 Å². The smallest absolute Gasteiger partial charge is 0.226 e. The van der Waals surface area contributed by atoms with Gasteiger partial charge in [-0.2, -0.15) is 0 Å². The van der Waals surface area contributed by atoms with Crippen LogP contribution in [0.15, 0.2) is 0 Å². The van der Waals surface area contributed by atoms with Gasteiger partial charge in [0.05, 0.1) is 16.7 Å². The molecule has 1 aliphatic rings. The molecule has 0 saturated carbocycles. The largest absolute Gasteiger partial charge is 0.338 e. The first-order chi connectivity index (χ1) is 9.40. The van der Waals surface area contributed by atoms with Crippen molar-refractivity contribution in [2.24, 2.45) is 5.92 Å². The van der Waals surface area contributed by atoms with Crippen molar-refractivity contribution in [2.45, 2.75) is 52.6 Å². The van der Waals surface area contributed by atoms with Crippen molar-refractivity contribution in [1.82, 2.24) is 15.2 Å². The van der Waals surface area contributed by atoms with Crippen molar-refractivity contribution < 1.29 is 4.79 Å². The first-order valence-corrected chi connectivity index (χ1v) is 8.15. The number of piperidine rings is 1. The molecule has 0 aromatic carbocycles. The van der Waals surface area contributed by atoms with Crippen LogP contribution in [0.5, 0.6) is 0 Å². The quantitative estimate of drug-likeness (QED) is 0.925. The molecular formula is C15H26ClN3OS. The molecule has 1 saturated heterocycles. The maximum Gasteiger partial charge on any atom is 0.226 e. The summed E-state index contributed by atoms with van der Waals surface area (Å²) in [6.07, 6.45) is 1.89. The number of hydrogen-bond donors (Lipinski definition) is 1. The second-order valence-corrected chi connectivity index (χ2v) is 7.12. The van der Waals surface area contributed by atoms with E-state index in [1.54, 1.807) is 11.3 Å². The molecule has 1 unspecified atom stereocenters. The van der Waals surface area contributed by atoms with Gasteiger partial charge in [0, 0.05) is 23.9 Å². The standard InChI is InChI=1S/C15H25N3OS.ClH/c1-9-8-13(6-7-16-9)15(19)18(5)11(3)14-10(2)17-12(4)20-14;/h9,11,13,16H,6-8H2,1-5H3;1H/t9-,11?,13-;/m0./s1. The van der Waals surface area contributed by atoms with Gasteiger partial charge in [0.25, 0.3) is 0 Å². The normalized spacial score (nSPS) is 23.3. The minimum Gasteiger partial charge on any atom is -0.338 e. The van der Waals surface area contributed by atoms with Gasteiger partial charge in [-0.3, -0.25) is 4.79 Å². The van der Waals surface area contributed by atoms with E-state index in [0.29, 0.717) is 6.04 Å². The molecule has 3 atom stereocenters. The lowest BCUT2D eigenvalue weighted by Gasteiger charge is -2.33. The van der Waals surface area contributed by atoms with Gasteiger partial charge in [-0.25, -0.2) is 4.98 Å². The van der Waals surface area contributed by atoms with E-state index in [2.05, 4.69) is 24.1 Å². The van der Waals surface area contributed by atoms with Crippen LogP contribution in [-0.4, -0.2) is 35.4 Å². The van der Waals surface area contributed by atoms with Crippen LogP contribution in [0, 0.1) is 19.8 Å². The maximum absolute atomic E-state index is 12.7. The third-order valence-electron chi connectivity index (χ3n) is 4.22. The Morgan fingerprint density at radius 3 is 2.67 bits per heavy atom. The number of aromatic nitrogens is 1. The number of aryl methyl sites for hydroxylation is 2. The minimum absolute atomic E-state index is 0. The molecule has 0 bridgehead atoms. The molecule has 21 heavy (non-hydrogen) atoms. The van der Waals surface area contributed by atoms with E-state index in [4.69, 9.17) is 0 Å². The Hall–Kier alpha value is -0.650. The summed E-state index contributed by atoms with van der Waals surface area (Å²) in [7, 11) is 1.92. The number of nitrogens with zero attached hydrogens (tertiary/aromatic N) is 2. The molecule has 2 heterocycles. The maximum atomic E-state index is 12.7. The molecule has 0 spiro atoms. The molecule has 2 rings (SSSR count). The van der Waals surface area contributed by atoms with Gasteiger partial charge in [-0.15, -0.1) is 23.7 Å².